The Morgan fingerprint density at radius 3 is 3.00 bits per heavy atom. The van der Waals surface area contributed by atoms with Crippen LogP contribution < -0.4 is 10.2 Å². The van der Waals surface area contributed by atoms with Gasteiger partial charge in [-0.2, -0.15) is 10.2 Å². The van der Waals surface area contributed by atoms with E-state index in [0.717, 1.165) is 32.2 Å². The van der Waals surface area contributed by atoms with E-state index in [1.807, 2.05) is 11.0 Å². The third-order valence-electron chi connectivity index (χ3n) is 4.32. The summed E-state index contributed by atoms with van der Waals surface area (Å²) >= 11 is 6.27. The van der Waals surface area contributed by atoms with Crippen LogP contribution in [0.25, 0.3) is 0 Å². The number of nitrogens with zero attached hydrogens (tertiary/aromatic N) is 5. The van der Waals surface area contributed by atoms with Gasteiger partial charge < -0.3 is 14.7 Å². The molecule has 1 aliphatic heterocycles. The topological polar surface area (TPSA) is 108 Å². The Balaban J connectivity index is 1.56. The van der Waals surface area contributed by atoms with E-state index < -0.39 is 0 Å². The number of nitrogens with one attached hydrogen (secondary N) is 1. The van der Waals surface area contributed by atoms with Crippen molar-refractivity contribution in [3.8, 4) is 6.07 Å². The van der Waals surface area contributed by atoms with E-state index in [9.17, 15) is 4.79 Å². The Bertz CT molecular complexity index is 857. The lowest BCUT2D eigenvalue weighted by Crippen LogP contribution is -2.27. The zero-order valence-corrected chi connectivity index (χ0v) is 14.0. The van der Waals surface area contributed by atoms with E-state index in [1.165, 1.54) is 6.20 Å². The van der Waals surface area contributed by atoms with Gasteiger partial charge in [0.15, 0.2) is 0 Å². The summed E-state index contributed by atoms with van der Waals surface area (Å²) in [5, 5.41) is 16.0. The van der Waals surface area contributed by atoms with Gasteiger partial charge in [-0.1, -0.05) is 16.8 Å². The molecular weight excluding hydrogens is 344 g/mol. The van der Waals surface area contributed by atoms with Gasteiger partial charge in [0, 0.05) is 18.8 Å². The minimum absolute atomic E-state index is 0.0487. The number of aromatic nitrogens is 3. The van der Waals surface area contributed by atoms with Gasteiger partial charge in [-0.3, -0.25) is 4.79 Å². The Hall–Kier alpha value is -2.66. The molecule has 0 radical (unpaired) electrons. The number of pyridine rings is 1. The van der Waals surface area contributed by atoms with E-state index in [1.54, 1.807) is 6.07 Å². The highest BCUT2D eigenvalue weighted by Gasteiger charge is 2.34. The molecule has 4 rings (SSSR count). The minimum Gasteiger partial charge on any atom is -0.346 e. The van der Waals surface area contributed by atoms with Crippen LogP contribution in [0.5, 0.6) is 0 Å². The summed E-state index contributed by atoms with van der Waals surface area (Å²) in [7, 11) is 0. The van der Waals surface area contributed by atoms with Crippen LogP contribution in [0.4, 0.5) is 5.82 Å². The predicted octanol–water partition coefficient (Wildman–Crippen LogP) is 2.22. The second-order valence-corrected chi connectivity index (χ2v) is 6.60. The predicted molar refractivity (Wildman–Crippen MR) is 88.1 cm³/mol. The number of hydrogen-bond acceptors (Lipinski definition) is 7. The van der Waals surface area contributed by atoms with E-state index in [0.29, 0.717) is 22.3 Å². The maximum absolute atomic E-state index is 12.0. The third kappa shape index (κ3) is 3.15. The minimum atomic E-state index is -0.309. The first kappa shape index (κ1) is 15.8. The lowest BCUT2D eigenvalue weighted by molar-refractivity contribution is 0.0937. The van der Waals surface area contributed by atoms with Crippen molar-refractivity contribution in [1.82, 2.24) is 20.4 Å². The molecule has 128 valence electrons. The van der Waals surface area contributed by atoms with Crippen LogP contribution in [-0.2, 0) is 0 Å². The van der Waals surface area contributed by atoms with Gasteiger partial charge in [0.1, 0.15) is 17.9 Å². The zero-order chi connectivity index (χ0) is 17.4. The number of carbonyl (C=O) groups excluding carboxylic acids is 1. The molecule has 9 heteroatoms. The van der Waals surface area contributed by atoms with Crippen LogP contribution in [0.3, 0.4) is 0 Å². The molecule has 8 nitrogen and oxygen atoms in total. The van der Waals surface area contributed by atoms with Crippen molar-refractivity contribution in [1.29, 1.82) is 5.26 Å². The monoisotopic (exact) mass is 358 g/mol. The first-order valence-corrected chi connectivity index (χ1v) is 8.50. The summed E-state index contributed by atoms with van der Waals surface area (Å²) in [4.78, 5) is 22.6. The molecule has 1 atom stereocenters. The van der Waals surface area contributed by atoms with Gasteiger partial charge in [-0.25, -0.2) is 4.98 Å². The van der Waals surface area contributed by atoms with Crippen molar-refractivity contribution in [3.63, 3.8) is 0 Å². The van der Waals surface area contributed by atoms with Crippen molar-refractivity contribution in [3.05, 3.63) is 34.6 Å². The number of nitriles is 1. The summed E-state index contributed by atoms with van der Waals surface area (Å²) in [5.41, 5.74) is 0.404. The number of amides is 1. The molecule has 25 heavy (non-hydrogen) atoms. The second-order valence-electron chi connectivity index (χ2n) is 6.20. The van der Waals surface area contributed by atoms with Crippen LogP contribution in [0.1, 0.15) is 53.8 Å². The molecule has 1 amide bonds. The lowest BCUT2D eigenvalue weighted by atomic mass is 10.2. The molecule has 2 aromatic heterocycles. The van der Waals surface area contributed by atoms with Crippen molar-refractivity contribution in [2.45, 2.75) is 37.8 Å². The molecule has 3 heterocycles. The van der Waals surface area contributed by atoms with Crippen molar-refractivity contribution < 1.29 is 9.32 Å². The van der Waals surface area contributed by atoms with Crippen LogP contribution in [0, 0.1) is 11.3 Å². The standard InChI is InChI=1S/C16H15ClN6O2/c17-11-6-9(7-18)8-19-14(11)23-5-1-2-12(23)16-21-13(22-25-16)15(24)20-10-3-4-10/h6,8,10,12H,1-5H2,(H,20,24)/t12-/m1/s1. The molecule has 1 N–H and O–H groups in total. The van der Waals surface area contributed by atoms with Crippen LogP contribution >= 0.6 is 11.6 Å². The first-order chi connectivity index (χ1) is 12.2. The molecule has 2 aliphatic rings. The highest BCUT2D eigenvalue weighted by atomic mass is 35.5. The highest BCUT2D eigenvalue weighted by molar-refractivity contribution is 6.33. The van der Waals surface area contributed by atoms with Crippen LogP contribution in [0.2, 0.25) is 5.02 Å². The average molecular weight is 359 g/mol. The molecule has 0 spiro atoms. The number of rotatable bonds is 4. The Morgan fingerprint density at radius 1 is 1.44 bits per heavy atom. The van der Waals surface area contributed by atoms with Gasteiger partial charge in [-0.05, 0) is 31.7 Å². The van der Waals surface area contributed by atoms with E-state index in [-0.39, 0.29) is 23.8 Å². The molecular formula is C16H15ClN6O2. The van der Waals surface area contributed by atoms with Crippen molar-refractivity contribution in [2.24, 2.45) is 0 Å². The van der Waals surface area contributed by atoms with Gasteiger partial charge >= 0.3 is 0 Å². The first-order valence-electron chi connectivity index (χ1n) is 8.12. The molecule has 0 aromatic carbocycles. The largest absolute Gasteiger partial charge is 0.346 e. The van der Waals surface area contributed by atoms with E-state index in [4.69, 9.17) is 21.4 Å². The summed E-state index contributed by atoms with van der Waals surface area (Å²) in [6.07, 6.45) is 5.18. The summed E-state index contributed by atoms with van der Waals surface area (Å²) in [5.74, 6) is 0.690. The van der Waals surface area contributed by atoms with Crippen molar-refractivity contribution >= 4 is 23.3 Å². The maximum atomic E-state index is 12.0. The molecule has 1 saturated heterocycles. The number of halogens is 1. The summed E-state index contributed by atoms with van der Waals surface area (Å²) in [6, 6.07) is 3.65. The third-order valence-corrected chi connectivity index (χ3v) is 4.60. The molecule has 2 fully saturated rings. The molecule has 0 bridgehead atoms. The Kier molecular flexibility index (Phi) is 4.01. The Morgan fingerprint density at radius 2 is 2.28 bits per heavy atom. The van der Waals surface area contributed by atoms with Crippen LogP contribution in [0.15, 0.2) is 16.8 Å². The number of carbonyl (C=O) groups is 1. The fraction of sp³-hybridized carbons (Fsp3) is 0.438. The lowest BCUT2D eigenvalue weighted by Gasteiger charge is -2.23. The van der Waals surface area contributed by atoms with E-state index in [2.05, 4.69) is 20.4 Å². The second kappa shape index (κ2) is 6.33. The van der Waals surface area contributed by atoms with Gasteiger partial charge in [0.2, 0.25) is 5.89 Å². The van der Waals surface area contributed by atoms with Gasteiger partial charge in [0.25, 0.3) is 11.7 Å². The van der Waals surface area contributed by atoms with E-state index >= 15 is 0 Å². The van der Waals surface area contributed by atoms with Gasteiger partial charge in [0.05, 0.1) is 10.6 Å². The Labute approximate surface area is 148 Å². The summed E-state index contributed by atoms with van der Waals surface area (Å²) < 4.78 is 5.32. The number of anilines is 1. The quantitative estimate of drug-likeness (QED) is 0.892. The van der Waals surface area contributed by atoms with Crippen LogP contribution in [-0.4, -0.2) is 33.6 Å². The zero-order valence-electron chi connectivity index (χ0n) is 13.3. The number of hydrogen-bond donors (Lipinski definition) is 1. The van der Waals surface area contributed by atoms with Gasteiger partial charge in [-0.15, -0.1) is 0 Å². The fourth-order valence-electron chi connectivity index (χ4n) is 2.92. The highest BCUT2D eigenvalue weighted by Crippen LogP contribution is 2.37. The smallest absolute Gasteiger partial charge is 0.292 e. The maximum Gasteiger partial charge on any atom is 0.292 e. The molecule has 2 aromatic rings. The SMILES string of the molecule is N#Cc1cnc(N2CCC[C@@H]2c2nc(C(=O)NC3CC3)no2)c(Cl)c1. The average Bonchev–Trinajstić information content (AvgIpc) is 3.11. The molecule has 1 saturated carbocycles. The molecule has 1 aliphatic carbocycles. The normalized spacial score (nSPS) is 19.7. The molecule has 0 unspecified atom stereocenters. The summed E-state index contributed by atoms with van der Waals surface area (Å²) in [6.45, 7) is 0.731. The van der Waals surface area contributed by atoms with Crippen molar-refractivity contribution in [2.75, 3.05) is 11.4 Å². The fourth-order valence-corrected chi connectivity index (χ4v) is 3.20.